The second-order valence-corrected chi connectivity index (χ2v) is 8.87. The average molecular weight is 375 g/mol. The molecule has 1 fully saturated rings. The van der Waals surface area contributed by atoms with Gasteiger partial charge >= 0.3 is 0 Å². The van der Waals surface area contributed by atoms with Crippen molar-refractivity contribution >= 4 is 21.3 Å². The van der Waals surface area contributed by atoms with Crippen LogP contribution in [0, 0.1) is 13.8 Å². The van der Waals surface area contributed by atoms with Gasteiger partial charge in [-0.1, -0.05) is 24.6 Å². The van der Waals surface area contributed by atoms with Crippen LogP contribution in [0.25, 0.3) is 0 Å². The van der Waals surface area contributed by atoms with Crippen molar-refractivity contribution in [1.29, 1.82) is 0 Å². The zero-order valence-corrected chi connectivity index (χ0v) is 16.5. The summed E-state index contributed by atoms with van der Waals surface area (Å²) in [5, 5.41) is 8.17. The number of aromatic nitrogens is 2. The molecule has 0 saturated carbocycles. The van der Waals surface area contributed by atoms with Crippen LogP contribution in [0.1, 0.15) is 24.5 Å². The SMILES string of the molecule is CCCS(=O)(=O)c1ccc(N2CCN(c3ccc(C)cc3C)CC2)nn1. The van der Waals surface area contributed by atoms with Crippen LogP contribution >= 0.6 is 0 Å². The smallest absolute Gasteiger partial charge is 0.197 e. The van der Waals surface area contributed by atoms with E-state index in [0.29, 0.717) is 6.42 Å². The summed E-state index contributed by atoms with van der Waals surface area (Å²) >= 11 is 0. The molecule has 1 saturated heterocycles. The van der Waals surface area contributed by atoms with E-state index in [2.05, 4.69) is 52.0 Å². The van der Waals surface area contributed by atoms with Crippen molar-refractivity contribution in [2.75, 3.05) is 41.7 Å². The molecule has 0 unspecified atom stereocenters. The number of nitrogens with zero attached hydrogens (tertiary/aromatic N) is 4. The van der Waals surface area contributed by atoms with Gasteiger partial charge in [-0.05, 0) is 44.0 Å². The van der Waals surface area contributed by atoms with Crippen molar-refractivity contribution in [2.45, 2.75) is 32.2 Å². The van der Waals surface area contributed by atoms with Crippen molar-refractivity contribution < 1.29 is 8.42 Å². The summed E-state index contributed by atoms with van der Waals surface area (Å²) < 4.78 is 24.1. The first-order chi connectivity index (χ1) is 12.4. The molecule has 2 heterocycles. The summed E-state index contributed by atoms with van der Waals surface area (Å²) in [6, 6.07) is 9.89. The highest BCUT2D eigenvalue weighted by Crippen LogP contribution is 2.24. The fourth-order valence-electron chi connectivity index (χ4n) is 3.36. The summed E-state index contributed by atoms with van der Waals surface area (Å²) in [5.41, 5.74) is 3.85. The lowest BCUT2D eigenvalue weighted by atomic mass is 10.1. The lowest BCUT2D eigenvalue weighted by Crippen LogP contribution is -2.47. The predicted molar refractivity (Wildman–Crippen MR) is 105 cm³/mol. The first-order valence-electron chi connectivity index (χ1n) is 9.04. The second kappa shape index (κ2) is 7.61. The first-order valence-corrected chi connectivity index (χ1v) is 10.7. The molecule has 1 aromatic carbocycles. The summed E-state index contributed by atoms with van der Waals surface area (Å²) in [6.07, 6.45) is 0.576. The molecular formula is C19H26N4O2S. The van der Waals surface area contributed by atoms with Crippen molar-refractivity contribution in [2.24, 2.45) is 0 Å². The van der Waals surface area contributed by atoms with Gasteiger partial charge in [0.15, 0.2) is 20.7 Å². The summed E-state index contributed by atoms with van der Waals surface area (Å²) in [6.45, 7) is 9.58. The van der Waals surface area contributed by atoms with Gasteiger partial charge in [0.05, 0.1) is 5.75 Å². The van der Waals surface area contributed by atoms with Crippen molar-refractivity contribution in [1.82, 2.24) is 10.2 Å². The Hall–Kier alpha value is -2.15. The number of hydrogen-bond acceptors (Lipinski definition) is 6. The van der Waals surface area contributed by atoms with Gasteiger partial charge in [-0.3, -0.25) is 0 Å². The molecule has 6 nitrogen and oxygen atoms in total. The lowest BCUT2D eigenvalue weighted by molar-refractivity contribution is 0.587. The van der Waals surface area contributed by atoms with E-state index in [1.807, 2.05) is 6.92 Å². The Kier molecular flexibility index (Phi) is 5.46. The third kappa shape index (κ3) is 3.98. The Balaban J connectivity index is 1.66. The van der Waals surface area contributed by atoms with Gasteiger partial charge in [-0.2, -0.15) is 0 Å². The van der Waals surface area contributed by atoms with Gasteiger partial charge in [0.25, 0.3) is 0 Å². The van der Waals surface area contributed by atoms with E-state index in [1.54, 1.807) is 12.1 Å². The topological polar surface area (TPSA) is 66.4 Å². The van der Waals surface area contributed by atoms with Gasteiger partial charge < -0.3 is 9.80 Å². The number of piperazine rings is 1. The third-order valence-corrected chi connectivity index (χ3v) is 6.51. The standard InChI is InChI=1S/C19H26N4O2S/c1-4-13-26(24,25)19-8-7-18(20-21-19)23-11-9-22(10-12-23)17-6-5-15(2)14-16(17)3/h5-8,14H,4,9-13H2,1-3H3. The maximum atomic E-state index is 12.1. The number of rotatable bonds is 5. The van der Waals surface area contributed by atoms with Gasteiger partial charge in [-0.25, -0.2) is 8.42 Å². The van der Waals surface area contributed by atoms with Gasteiger partial charge in [0.2, 0.25) is 0 Å². The van der Waals surface area contributed by atoms with Crippen LogP contribution in [0.5, 0.6) is 0 Å². The van der Waals surface area contributed by atoms with Crippen LogP contribution < -0.4 is 9.80 Å². The molecule has 7 heteroatoms. The van der Waals surface area contributed by atoms with E-state index in [0.717, 1.165) is 32.0 Å². The maximum absolute atomic E-state index is 12.1. The van der Waals surface area contributed by atoms with Gasteiger partial charge in [0.1, 0.15) is 0 Å². The van der Waals surface area contributed by atoms with Crippen molar-refractivity contribution in [3.05, 3.63) is 41.5 Å². The number of sulfone groups is 1. The van der Waals surface area contributed by atoms with E-state index in [1.165, 1.54) is 16.8 Å². The Bertz CT molecular complexity index is 858. The molecular weight excluding hydrogens is 348 g/mol. The molecule has 0 atom stereocenters. The molecule has 1 aliphatic rings. The number of hydrogen-bond donors (Lipinski definition) is 0. The second-order valence-electron chi connectivity index (χ2n) is 6.81. The minimum atomic E-state index is -3.31. The van der Waals surface area contributed by atoms with E-state index < -0.39 is 9.84 Å². The van der Waals surface area contributed by atoms with E-state index in [9.17, 15) is 8.42 Å². The highest BCUT2D eigenvalue weighted by atomic mass is 32.2. The van der Waals surface area contributed by atoms with Crippen LogP contribution in [-0.2, 0) is 9.84 Å². The molecule has 3 rings (SSSR count). The zero-order chi connectivity index (χ0) is 18.7. The normalized spacial score (nSPS) is 15.3. The van der Waals surface area contributed by atoms with Crippen LogP contribution in [0.4, 0.5) is 11.5 Å². The zero-order valence-electron chi connectivity index (χ0n) is 15.6. The summed E-state index contributed by atoms with van der Waals surface area (Å²) in [7, 11) is -3.31. The number of benzene rings is 1. The highest BCUT2D eigenvalue weighted by Gasteiger charge is 2.21. The molecule has 140 valence electrons. The summed E-state index contributed by atoms with van der Waals surface area (Å²) in [5.74, 6) is 0.844. The minimum absolute atomic E-state index is 0.0667. The Morgan fingerprint density at radius 2 is 1.65 bits per heavy atom. The lowest BCUT2D eigenvalue weighted by Gasteiger charge is -2.37. The van der Waals surface area contributed by atoms with E-state index >= 15 is 0 Å². The fraction of sp³-hybridized carbons (Fsp3) is 0.474. The molecule has 1 aromatic heterocycles. The van der Waals surface area contributed by atoms with E-state index in [-0.39, 0.29) is 10.8 Å². The Morgan fingerprint density at radius 3 is 2.23 bits per heavy atom. The minimum Gasteiger partial charge on any atom is -0.368 e. The Labute approximate surface area is 155 Å². The molecule has 0 bridgehead atoms. The molecule has 0 amide bonds. The number of aryl methyl sites for hydroxylation is 2. The molecule has 0 N–H and O–H groups in total. The molecule has 1 aliphatic heterocycles. The van der Waals surface area contributed by atoms with Crippen LogP contribution in [0.3, 0.4) is 0 Å². The number of anilines is 2. The largest absolute Gasteiger partial charge is 0.368 e. The van der Waals surface area contributed by atoms with Gasteiger partial charge in [-0.15, -0.1) is 10.2 Å². The van der Waals surface area contributed by atoms with Crippen LogP contribution in [0.2, 0.25) is 0 Å². The molecule has 26 heavy (non-hydrogen) atoms. The molecule has 0 spiro atoms. The van der Waals surface area contributed by atoms with Crippen molar-refractivity contribution in [3.8, 4) is 0 Å². The van der Waals surface area contributed by atoms with E-state index in [4.69, 9.17) is 0 Å². The quantitative estimate of drug-likeness (QED) is 0.801. The van der Waals surface area contributed by atoms with Gasteiger partial charge in [0, 0.05) is 31.9 Å². The first kappa shape index (κ1) is 18.6. The van der Waals surface area contributed by atoms with Crippen molar-refractivity contribution in [3.63, 3.8) is 0 Å². The monoisotopic (exact) mass is 374 g/mol. The molecule has 0 aliphatic carbocycles. The maximum Gasteiger partial charge on any atom is 0.197 e. The molecule has 2 aromatic rings. The molecule has 0 radical (unpaired) electrons. The third-order valence-electron chi connectivity index (χ3n) is 4.71. The van der Waals surface area contributed by atoms with Crippen LogP contribution in [-0.4, -0.2) is 50.5 Å². The predicted octanol–water partition coefficient (Wildman–Crippen LogP) is 2.60. The summed E-state index contributed by atoms with van der Waals surface area (Å²) in [4.78, 5) is 4.54. The Morgan fingerprint density at radius 1 is 0.962 bits per heavy atom. The van der Waals surface area contributed by atoms with Crippen LogP contribution in [0.15, 0.2) is 35.4 Å². The highest BCUT2D eigenvalue weighted by molar-refractivity contribution is 7.91. The average Bonchev–Trinajstić information content (AvgIpc) is 2.62. The fourth-order valence-corrected chi connectivity index (χ4v) is 4.54.